The minimum Gasteiger partial charge on any atom is -0.701 e. The van der Waals surface area contributed by atoms with E-state index in [0.29, 0.717) is 12.1 Å². The first kappa shape index (κ1) is 21.1. The van der Waals surface area contributed by atoms with Gasteiger partial charge in [0.2, 0.25) is 0 Å². The maximum Gasteiger partial charge on any atom is 2.00 e. The Morgan fingerprint density at radius 3 is 2.25 bits per heavy atom. The fourth-order valence-corrected chi connectivity index (χ4v) is 3.78. The maximum atomic E-state index is 13.0. The minimum absolute atomic E-state index is 0. The first-order valence-electron chi connectivity index (χ1n) is 7.32. The van der Waals surface area contributed by atoms with Crippen molar-refractivity contribution in [3.8, 4) is 0 Å². The van der Waals surface area contributed by atoms with Crippen molar-refractivity contribution in [3.63, 3.8) is 0 Å². The zero-order valence-corrected chi connectivity index (χ0v) is 18.5. The van der Waals surface area contributed by atoms with Crippen LogP contribution in [0.25, 0.3) is 11.5 Å². The Hall–Kier alpha value is -0.928. The summed E-state index contributed by atoms with van der Waals surface area (Å²) in [6.07, 6.45) is 1.47. The molecule has 4 N–H and O–H groups in total. The van der Waals surface area contributed by atoms with E-state index >= 15 is 0 Å². The third kappa shape index (κ3) is 5.56. The van der Waals surface area contributed by atoms with E-state index in [2.05, 4.69) is 0 Å². The van der Waals surface area contributed by atoms with Crippen LogP contribution >= 0.6 is 11.8 Å². The van der Waals surface area contributed by atoms with E-state index in [9.17, 15) is 4.39 Å². The summed E-state index contributed by atoms with van der Waals surface area (Å²) in [5, 5.41) is 0.224. The summed E-state index contributed by atoms with van der Waals surface area (Å²) in [4.78, 5) is 1.09. The Bertz CT molecular complexity index is 672. The number of rotatable bonds is 3. The topological polar surface area (TPSA) is 73.6 Å². The van der Waals surface area contributed by atoms with E-state index in [1.54, 1.807) is 11.8 Å². The summed E-state index contributed by atoms with van der Waals surface area (Å²) < 4.78 is 13.0. The van der Waals surface area contributed by atoms with Crippen molar-refractivity contribution in [1.29, 1.82) is 0 Å². The molecule has 3 rings (SSSR count). The number of nitrogens with one attached hydrogen (secondary N) is 2. The van der Waals surface area contributed by atoms with Crippen LogP contribution < -0.4 is 5.73 Å². The fraction of sp³-hybridized carbons (Fsp3) is 0.222. The number of nitrogens with two attached hydrogens (primary N) is 1. The van der Waals surface area contributed by atoms with Crippen molar-refractivity contribution >= 4 is 17.4 Å². The molecular weight excluding hydrogens is 547 g/mol. The number of halogens is 1. The summed E-state index contributed by atoms with van der Waals surface area (Å²) >= 11 is 1.72. The van der Waals surface area contributed by atoms with E-state index in [4.69, 9.17) is 17.2 Å². The van der Waals surface area contributed by atoms with Gasteiger partial charge in [-0.15, -0.1) is 11.8 Å². The average Bonchev–Trinajstić information content (AvgIpc) is 2.93. The minimum atomic E-state index is -0.220. The van der Waals surface area contributed by atoms with Crippen LogP contribution in [-0.2, 0) is 6.42 Å². The SMILES string of the molecule is C[NH-].[NH-]C1=C(Cc2ccc(N)cc2)SC(c2ccc(F)cc2)C1.[U+2]. The number of benzene rings is 2. The van der Waals surface area contributed by atoms with Gasteiger partial charge in [0.05, 0.1) is 0 Å². The number of nitrogen functional groups attached to an aromatic ring is 1. The van der Waals surface area contributed by atoms with Gasteiger partial charge in [0.25, 0.3) is 0 Å². The summed E-state index contributed by atoms with van der Waals surface area (Å²) in [6, 6.07) is 14.4. The molecule has 0 saturated carbocycles. The van der Waals surface area contributed by atoms with Crippen LogP contribution in [-0.4, -0.2) is 7.05 Å². The second kappa shape index (κ2) is 10.2. The quantitative estimate of drug-likeness (QED) is 0.479. The number of allylic oxidation sites excluding steroid dienone is 2. The zero-order chi connectivity index (χ0) is 16.8. The van der Waals surface area contributed by atoms with Crippen molar-refractivity contribution < 1.29 is 35.5 Å². The normalized spacial score (nSPS) is 16.2. The molecule has 1 aliphatic rings. The van der Waals surface area contributed by atoms with Gasteiger partial charge in [0.1, 0.15) is 5.82 Å². The van der Waals surface area contributed by atoms with Gasteiger partial charge in [0, 0.05) is 17.4 Å². The monoisotopic (exact) mass is 567 g/mol. The van der Waals surface area contributed by atoms with Crippen LogP contribution in [0.5, 0.6) is 0 Å². The van der Waals surface area contributed by atoms with Crippen molar-refractivity contribution in [3.05, 3.63) is 87.5 Å². The molecule has 0 spiro atoms. The van der Waals surface area contributed by atoms with Crippen molar-refractivity contribution in [2.75, 3.05) is 12.8 Å². The van der Waals surface area contributed by atoms with Crippen LogP contribution in [0.1, 0.15) is 22.8 Å². The number of hydrogen-bond acceptors (Lipinski definition) is 2. The molecule has 0 aromatic heterocycles. The molecule has 0 saturated heterocycles. The van der Waals surface area contributed by atoms with Gasteiger partial charge in [-0.05, 0) is 46.7 Å². The summed E-state index contributed by atoms with van der Waals surface area (Å²) in [6.45, 7) is 0. The molecule has 0 aliphatic carbocycles. The summed E-state index contributed by atoms with van der Waals surface area (Å²) in [5.74, 6) is -0.220. The molecule has 124 valence electrons. The molecule has 1 aliphatic heterocycles. The zero-order valence-electron chi connectivity index (χ0n) is 13.5. The molecule has 6 heteroatoms. The van der Waals surface area contributed by atoms with Gasteiger partial charge in [-0.25, -0.2) is 4.39 Å². The second-order valence-electron chi connectivity index (χ2n) is 5.18. The van der Waals surface area contributed by atoms with Gasteiger partial charge >= 0.3 is 31.1 Å². The van der Waals surface area contributed by atoms with E-state index in [-0.39, 0.29) is 42.2 Å². The van der Waals surface area contributed by atoms with Gasteiger partial charge in [-0.2, -0.15) is 12.7 Å². The second-order valence-corrected chi connectivity index (χ2v) is 6.48. The largest absolute Gasteiger partial charge is 2.00 e. The van der Waals surface area contributed by atoms with Crippen molar-refractivity contribution in [2.45, 2.75) is 18.1 Å². The third-order valence-corrected chi connectivity index (χ3v) is 5.00. The third-order valence-electron chi connectivity index (χ3n) is 3.60. The number of hydrogen-bond donors (Lipinski definition) is 1. The molecule has 1 heterocycles. The smallest absolute Gasteiger partial charge is 0.701 e. The molecule has 1 atom stereocenters. The standard InChI is InChI=1S/C17H16FN2S.CH4N.U/c18-13-5-3-12(4-6-13)16-10-15(20)17(21-16)9-11-1-7-14(19)8-2-11;1-2;/h1-8,16,20H,9-10,19H2;2H,1H3;/q2*-1;+2. The first-order valence-corrected chi connectivity index (χ1v) is 8.20. The summed E-state index contributed by atoms with van der Waals surface area (Å²) in [7, 11) is 1.25. The van der Waals surface area contributed by atoms with Crippen LogP contribution in [0.4, 0.5) is 10.1 Å². The van der Waals surface area contributed by atoms with Gasteiger partial charge in [0.15, 0.2) is 0 Å². The molecule has 3 nitrogen and oxygen atoms in total. The van der Waals surface area contributed by atoms with Crippen LogP contribution in [0.15, 0.2) is 59.1 Å². The Morgan fingerprint density at radius 1 is 1.08 bits per heavy atom. The Labute approximate surface area is 170 Å². The molecule has 0 bridgehead atoms. The maximum absolute atomic E-state index is 13.0. The first-order chi connectivity index (χ1) is 11.1. The molecule has 1 unspecified atom stereocenters. The molecule has 0 radical (unpaired) electrons. The van der Waals surface area contributed by atoms with E-state index in [0.717, 1.165) is 28.1 Å². The van der Waals surface area contributed by atoms with E-state index in [1.165, 1.54) is 19.2 Å². The van der Waals surface area contributed by atoms with Gasteiger partial charge < -0.3 is 17.2 Å². The van der Waals surface area contributed by atoms with Crippen molar-refractivity contribution in [1.82, 2.24) is 0 Å². The van der Waals surface area contributed by atoms with Gasteiger partial charge in [-0.3, -0.25) is 0 Å². The van der Waals surface area contributed by atoms with Crippen LogP contribution in [0.2, 0.25) is 0 Å². The van der Waals surface area contributed by atoms with E-state index < -0.39 is 0 Å². The summed E-state index contributed by atoms with van der Waals surface area (Å²) in [5.41, 5.74) is 23.3. The Balaban J connectivity index is 0.000000925. The van der Waals surface area contributed by atoms with Crippen molar-refractivity contribution in [2.24, 2.45) is 0 Å². The molecule has 2 aromatic rings. The van der Waals surface area contributed by atoms with Crippen LogP contribution in [0, 0.1) is 36.9 Å². The molecule has 24 heavy (non-hydrogen) atoms. The fourth-order valence-electron chi connectivity index (χ4n) is 2.42. The number of anilines is 1. The van der Waals surface area contributed by atoms with E-state index in [1.807, 2.05) is 36.4 Å². The molecule has 0 fully saturated rings. The van der Waals surface area contributed by atoms with Gasteiger partial charge in [-0.1, -0.05) is 24.3 Å². The number of thioether (sulfide) groups is 1. The predicted molar refractivity (Wildman–Crippen MR) is 97.5 cm³/mol. The Morgan fingerprint density at radius 2 is 1.67 bits per heavy atom. The molecular formula is C18H20FN3SU. The molecule has 2 aromatic carbocycles. The van der Waals surface area contributed by atoms with Crippen LogP contribution in [0.3, 0.4) is 0 Å². The Kier molecular flexibility index (Phi) is 8.93. The molecule has 0 amide bonds. The average molecular weight is 567 g/mol. The predicted octanol–water partition coefficient (Wildman–Crippen LogP) is 5.76.